The second kappa shape index (κ2) is 10.1. The molecule has 0 aromatic rings. The highest BCUT2D eigenvalue weighted by Gasteiger charge is 2.25. The number of hydrogen-bond acceptors (Lipinski definition) is 4. The summed E-state index contributed by atoms with van der Waals surface area (Å²) in [7, 11) is 1.78. The van der Waals surface area contributed by atoms with Crippen molar-refractivity contribution in [3.63, 3.8) is 0 Å². The average molecular weight is 373 g/mol. The molecule has 1 saturated carbocycles. The first-order valence-electron chi connectivity index (χ1n) is 9.14. The van der Waals surface area contributed by atoms with Gasteiger partial charge in [-0.3, -0.25) is 4.99 Å². The Morgan fingerprint density at radius 3 is 2.48 bits per heavy atom. The molecule has 3 N–H and O–H groups in total. The first kappa shape index (κ1) is 21.9. The van der Waals surface area contributed by atoms with E-state index in [1.54, 1.807) is 7.05 Å². The van der Waals surface area contributed by atoms with Gasteiger partial charge in [0.25, 0.3) is 0 Å². The molecule has 0 aromatic heterocycles. The van der Waals surface area contributed by atoms with Crippen LogP contribution in [-0.4, -0.2) is 54.8 Å². The van der Waals surface area contributed by atoms with Crippen LogP contribution in [0.2, 0.25) is 0 Å². The van der Waals surface area contributed by atoms with E-state index in [1.807, 2.05) is 32.5 Å². The minimum atomic E-state index is -0.493. The number of ether oxygens (including phenoxy) is 1. The van der Waals surface area contributed by atoms with Crippen molar-refractivity contribution in [2.75, 3.05) is 19.8 Å². The number of rotatable bonds is 6. The zero-order chi connectivity index (χ0) is 19.0. The Balaban J connectivity index is 2.48. The maximum atomic E-state index is 12.0. The zero-order valence-corrected chi connectivity index (χ0v) is 17.6. The third-order valence-electron chi connectivity index (χ3n) is 4.28. The van der Waals surface area contributed by atoms with Gasteiger partial charge in [0.05, 0.1) is 6.04 Å². The van der Waals surface area contributed by atoms with E-state index in [0.717, 1.165) is 11.2 Å². The lowest BCUT2D eigenvalue weighted by molar-refractivity contribution is 0.0491. The lowest BCUT2D eigenvalue weighted by atomic mass is 10.0. The minimum Gasteiger partial charge on any atom is -0.444 e. The van der Waals surface area contributed by atoms with Crippen LogP contribution in [-0.2, 0) is 4.74 Å². The molecule has 25 heavy (non-hydrogen) atoms. The molecule has 0 bridgehead atoms. The third kappa shape index (κ3) is 8.70. The van der Waals surface area contributed by atoms with Crippen molar-refractivity contribution in [3.05, 3.63) is 0 Å². The summed E-state index contributed by atoms with van der Waals surface area (Å²) in [6.07, 6.45) is 5.40. The van der Waals surface area contributed by atoms with Crippen molar-refractivity contribution in [1.82, 2.24) is 16.0 Å². The van der Waals surface area contributed by atoms with Crippen LogP contribution in [0, 0.1) is 5.92 Å². The maximum absolute atomic E-state index is 12.0. The second-order valence-corrected chi connectivity index (χ2v) is 9.10. The van der Waals surface area contributed by atoms with E-state index in [4.69, 9.17) is 4.74 Å². The molecule has 0 aromatic carbocycles. The van der Waals surface area contributed by atoms with E-state index >= 15 is 0 Å². The van der Waals surface area contributed by atoms with Gasteiger partial charge < -0.3 is 20.7 Å². The predicted molar refractivity (Wildman–Crippen MR) is 107 cm³/mol. The van der Waals surface area contributed by atoms with E-state index in [1.165, 1.54) is 19.3 Å². The summed E-state index contributed by atoms with van der Waals surface area (Å²) in [6, 6.07) is 0.441. The first-order valence-corrected chi connectivity index (χ1v) is 10.4. The molecular weight excluding hydrogens is 336 g/mol. The van der Waals surface area contributed by atoms with Gasteiger partial charge in [-0.15, -0.1) is 0 Å². The van der Waals surface area contributed by atoms with E-state index < -0.39 is 5.60 Å². The fourth-order valence-corrected chi connectivity index (χ4v) is 3.59. The SMILES string of the molecule is CN=C(NCC(NC(=O)OC(C)(C)C)C(C)C)NC1CCC(SC)C1. The van der Waals surface area contributed by atoms with Gasteiger partial charge >= 0.3 is 6.09 Å². The van der Waals surface area contributed by atoms with Crippen LogP contribution in [0.5, 0.6) is 0 Å². The minimum absolute atomic E-state index is 0.0316. The summed E-state index contributed by atoms with van der Waals surface area (Å²) in [5, 5.41) is 10.5. The number of alkyl carbamates (subject to hydrolysis) is 1. The predicted octanol–water partition coefficient (Wildman–Crippen LogP) is 2.98. The highest BCUT2D eigenvalue weighted by molar-refractivity contribution is 7.99. The number of amides is 1. The monoisotopic (exact) mass is 372 g/mol. The molecule has 6 nitrogen and oxygen atoms in total. The van der Waals surface area contributed by atoms with Crippen LogP contribution in [0.15, 0.2) is 4.99 Å². The van der Waals surface area contributed by atoms with Gasteiger partial charge in [-0.25, -0.2) is 4.79 Å². The molecule has 0 spiro atoms. The lowest BCUT2D eigenvalue weighted by Crippen LogP contribution is -2.51. The number of thioether (sulfide) groups is 1. The van der Waals surface area contributed by atoms with Gasteiger partial charge in [0.2, 0.25) is 0 Å². The summed E-state index contributed by atoms with van der Waals surface area (Å²) in [6.45, 7) is 10.4. The van der Waals surface area contributed by atoms with Gasteiger partial charge in [0, 0.05) is 24.9 Å². The van der Waals surface area contributed by atoms with E-state index in [9.17, 15) is 4.79 Å². The van der Waals surface area contributed by atoms with Crippen LogP contribution in [0.1, 0.15) is 53.9 Å². The fourth-order valence-electron chi connectivity index (χ4n) is 2.79. The summed E-state index contributed by atoms with van der Waals surface area (Å²) in [5.74, 6) is 1.08. The third-order valence-corrected chi connectivity index (χ3v) is 5.37. The van der Waals surface area contributed by atoms with Crippen molar-refractivity contribution in [2.45, 2.75) is 76.8 Å². The largest absolute Gasteiger partial charge is 0.444 e. The topological polar surface area (TPSA) is 74.8 Å². The molecule has 3 unspecified atom stereocenters. The zero-order valence-electron chi connectivity index (χ0n) is 16.8. The number of nitrogens with one attached hydrogen (secondary N) is 3. The van der Waals surface area contributed by atoms with Crippen molar-refractivity contribution < 1.29 is 9.53 Å². The van der Waals surface area contributed by atoms with Gasteiger partial charge in [0.15, 0.2) is 5.96 Å². The van der Waals surface area contributed by atoms with E-state index in [0.29, 0.717) is 12.6 Å². The molecule has 0 radical (unpaired) electrons. The Hall–Kier alpha value is -1.11. The molecule has 146 valence electrons. The van der Waals surface area contributed by atoms with E-state index in [2.05, 4.69) is 41.0 Å². The Bertz CT molecular complexity index is 449. The summed E-state index contributed by atoms with van der Waals surface area (Å²) in [4.78, 5) is 16.3. The van der Waals surface area contributed by atoms with Crippen molar-refractivity contribution >= 4 is 23.8 Å². The number of guanidine groups is 1. The molecule has 1 rings (SSSR count). The summed E-state index contributed by atoms with van der Waals surface area (Å²) < 4.78 is 5.36. The molecule has 1 aliphatic rings. The molecule has 3 atom stereocenters. The van der Waals surface area contributed by atoms with Crippen molar-refractivity contribution in [3.8, 4) is 0 Å². The Morgan fingerprint density at radius 1 is 1.32 bits per heavy atom. The number of carbonyl (C=O) groups is 1. The summed E-state index contributed by atoms with van der Waals surface area (Å²) in [5.41, 5.74) is -0.493. The van der Waals surface area contributed by atoms with Gasteiger partial charge in [-0.05, 0) is 52.2 Å². The fraction of sp³-hybridized carbons (Fsp3) is 0.889. The normalized spacial score (nSPS) is 22.6. The molecule has 0 saturated heterocycles. The Morgan fingerprint density at radius 2 is 2.00 bits per heavy atom. The average Bonchev–Trinajstić information content (AvgIpc) is 2.95. The lowest BCUT2D eigenvalue weighted by Gasteiger charge is -2.27. The number of nitrogens with zero attached hydrogens (tertiary/aromatic N) is 1. The van der Waals surface area contributed by atoms with Gasteiger partial charge in [-0.1, -0.05) is 13.8 Å². The molecule has 0 aliphatic heterocycles. The number of carbonyl (C=O) groups excluding carboxylic acids is 1. The Kier molecular flexibility index (Phi) is 8.89. The van der Waals surface area contributed by atoms with Crippen LogP contribution in [0.25, 0.3) is 0 Å². The first-order chi connectivity index (χ1) is 11.6. The second-order valence-electron chi connectivity index (χ2n) is 7.96. The molecule has 7 heteroatoms. The quantitative estimate of drug-likeness (QED) is 0.494. The highest BCUT2D eigenvalue weighted by atomic mass is 32.2. The van der Waals surface area contributed by atoms with Crippen LogP contribution >= 0.6 is 11.8 Å². The van der Waals surface area contributed by atoms with Crippen molar-refractivity contribution in [1.29, 1.82) is 0 Å². The molecule has 1 fully saturated rings. The highest BCUT2D eigenvalue weighted by Crippen LogP contribution is 2.27. The standard InChI is InChI=1S/C18H36N4O2S/c1-12(2)15(22-17(23)24-18(3,4)5)11-20-16(19-6)21-13-8-9-14(10-13)25-7/h12-15H,8-11H2,1-7H3,(H,22,23)(H2,19,20,21). The molecule has 1 aliphatic carbocycles. The Labute approximate surface area is 157 Å². The number of aliphatic imine (C=N–C) groups is 1. The molecule has 0 heterocycles. The van der Waals surface area contributed by atoms with E-state index in [-0.39, 0.29) is 18.1 Å². The van der Waals surface area contributed by atoms with Crippen LogP contribution in [0.3, 0.4) is 0 Å². The smallest absolute Gasteiger partial charge is 0.407 e. The van der Waals surface area contributed by atoms with Gasteiger partial charge in [-0.2, -0.15) is 11.8 Å². The summed E-state index contributed by atoms with van der Waals surface area (Å²) >= 11 is 1.94. The van der Waals surface area contributed by atoms with Gasteiger partial charge in [0.1, 0.15) is 5.60 Å². The molecular formula is C18H36N4O2S. The van der Waals surface area contributed by atoms with Crippen LogP contribution < -0.4 is 16.0 Å². The maximum Gasteiger partial charge on any atom is 0.407 e. The van der Waals surface area contributed by atoms with Crippen molar-refractivity contribution in [2.24, 2.45) is 10.9 Å². The number of hydrogen-bond donors (Lipinski definition) is 3. The van der Waals surface area contributed by atoms with Crippen LogP contribution in [0.4, 0.5) is 4.79 Å². The molecule has 1 amide bonds.